The highest BCUT2D eigenvalue weighted by atomic mass is 19.4. The topological polar surface area (TPSA) is 134 Å². The fraction of sp³-hybridized carbons (Fsp3) is 0.541. The number of nitrogens with zero attached hydrogens (tertiary/aromatic N) is 5. The SMILES string of the molecule is CC(C)c1nc(-c2cc(NC(=O)OC(C)(C)C)cc(F)c2OC(F)(F)F)c(F)c2c1c([C@@H]1[C@H]3CN(C(=O)OC(C)(C)C)[C@H](c4ncco4)[C@H]31)nn2C1CC1. The molecule has 2 saturated carbocycles. The highest BCUT2D eigenvalue weighted by Gasteiger charge is 2.66. The fourth-order valence-electron chi connectivity index (χ4n) is 7.33. The number of hydrogen-bond donors (Lipinski definition) is 1. The Morgan fingerprint density at radius 3 is 2.28 bits per heavy atom. The van der Waals surface area contributed by atoms with E-state index < -0.39 is 70.4 Å². The van der Waals surface area contributed by atoms with E-state index in [-0.39, 0.29) is 41.5 Å². The number of benzene rings is 1. The molecule has 3 fully saturated rings. The number of hydrogen-bond acceptors (Lipinski definition) is 9. The Bertz CT molecular complexity index is 2120. The number of pyridine rings is 1. The first-order valence-electron chi connectivity index (χ1n) is 17.7. The van der Waals surface area contributed by atoms with Gasteiger partial charge in [-0.2, -0.15) is 5.10 Å². The minimum atomic E-state index is -5.35. The second-order valence-electron chi connectivity index (χ2n) is 16.3. The van der Waals surface area contributed by atoms with E-state index in [1.807, 2.05) is 0 Å². The second kappa shape index (κ2) is 12.8. The number of ether oxygens (including phenoxy) is 3. The molecule has 1 N–H and O–H groups in total. The standard InChI is InChI=1S/C37H41F5N6O6/c1-16(2)26-24-28(22-20-15-47(34(50)54-36(6,7)8)30(23(20)22)32-43-11-12-51-32)46-48(18-9-10-18)29(24)25(39)27(45-26)19-13-17(44-33(49)53-35(3,4)5)14-21(38)31(19)52-37(40,41)42/h11-14,16,18,20,22-23,30H,9-10,15H2,1-8H3,(H,44,49)/t20-,22-,23-,30+/m1/s1. The molecule has 1 aliphatic heterocycles. The van der Waals surface area contributed by atoms with E-state index in [0.717, 1.165) is 6.07 Å². The maximum absolute atomic E-state index is 17.2. The van der Waals surface area contributed by atoms with Crippen molar-refractivity contribution in [1.82, 2.24) is 24.6 Å². The summed E-state index contributed by atoms with van der Waals surface area (Å²) in [6.45, 7) is 14.0. The van der Waals surface area contributed by atoms with Gasteiger partial charge in [-0.1, -0.05) is 13.8 Å². The van der Waals surface area contributed by atoms with E-state index in [1.54, 1.807) is 65.0 Å². The number of piperidine rings is 1. The Hall–Kier alpha value is -4.96. The number of nitrogens with one attached hydrogen (secondary N) is 1. The Morgan fingerprint density at radius 2 is 1.70 bits per heavy atom. The van der Waals surface area contributed by atoms with Gasteiger partial charge >= 0.3 is 18.5 Å². The predicted molar refractivity (Wildman–Crippen MR) is 184 cm³/mol. The summed E-state index contributed by atoms with van der Waals surface area (Å²) in [5.74, 6) is -4.60. The van der Waals surface area contributed by atoms with Crippen LogP contribution in [-0.4, -0.2) is 60.9 Å². The minimum absolute atomic E-state index is 0.00622. The molecule has 0 spiro atoms. The lowest BCUT2D eigenvalue weighted by atomic mass is 9.97. The molecule has 4 aromatic rings. The highest BCUT2D eigenvalue weighted by Crippen LogP contribution is 2.67. The third-order valence-corrected chi connectivity index (χ3v) is 9.43. The lowest BCUT2D eigenvalue weighted by molar-refractivity contribution is -0.275. The maximum Gasteiger partial charge on any atom is 0.573 e. The molecule has 290 valence electrons. The number of anilines is 1. The van der Waals surface area contributed by atoms with Crippen molar-refractivity contribution in [2.75, 3.05) is 11.9 Å². The monoisotopic (exact) mass is 760 g/mol. The number of carbonyl (C=O) groups excluding carboxylic acids is 2. The van der Waals surface area contributed by atoms with Gasteiger partial charge < -0.3 is 18.6 Å². The van der Waals surface area contributed by atoms with E-state index in [2.05, 4.69) is 20.0 Å². The fourth-order valence-corrected chi connectivity index (χ4v) is 7.33. The van der Waals surface area contributed by atoms with Crippen LogP contribution in [0.15, 0.2) is 29.0 Å². The van der Waals surface area contributed by atoms with Crippen LogP contribution < -0.4 is 10.1 Å². The Balaban J connectivity index is 1.37. The first kappa shape index (κ1) is 37.4. The number of amides is 2. The van der Waals surface area contributed by atoms with Crippen LogP contribution in [0.2, 0.25) is 0 Å². The molecule has 1 aromatic carbocycles. The van der Waals surface area contributed by atoms with E-state index in [4.69, 9.17) is 19.0 Å². The van der Waals surface area contributed by atoms with Crippen molar-refractivity contribution in [1.29, 1.82) is 0 Å². The van der Waals surface area contributed by atoms with Crippen LogP contribution in [0, 0.1) is 23.5 Å². The molecule has 4 heterocycles. The molecule has 7 rings (SSSR count). The zero-order chi connectivity index (χ0) is 39.2. The van der Waals surface area contributed by atoms with E-state index in [0.29, 0.717) is 41.6 Å². The Labute approximate surface area is 307 Å². The van der Waals surface area contributed by atoms with Crippen LogP contribution in [0.25, 0.3) is 22.2 Å². The van der Waals surface area contributed by atoms with Crippen molar-refractivity contribution in [2.45, 2.75) is 110 Å². The third-order valence-electron chi connectivity index (χ3n) is 9.43. The molecule has 2 aliphatic carbocycles. The summed E-state index contributed by atoms with van der Waals surface area (Å²) < 4.78 is 96.2. The lowest BCUT2D eigenvalue weighted by Gasteiger charge is -2.30. The van der Waals surface area contributed by atoms with Gasteiger partial charge in [-0.25, -0.2) is 28.3 Å². The Kier molecular flexibility index (Phi) is 8.87. The van der Waals surface area contributed by atoms with Crippen molar-refractivity contribution in [2.24, 2.45) is 11.8 Å². The summed E-state index contributed by atoms with van der Waals surface area (Å²) in [6, 6.07) is 0.785. The molecule has 2 amide bonds. The summed E-state index contributed by atoms with van der Waals surface area (Å²) >= 11 is 0. The predicted octanol–water partition coefficient (Wildman–Crippen LogP) is 9.39. The zero-order valence-electron chi connectivity index (χ0n) is 31.0. The number of carbonyl (C=O) groups is 2. The van der Waals surface area contributed by atoms with Gasteiger partial charge in [0.05, 0.1) is 29.2 Å². The average Bonchev–Trinajstić information content (AvgIpc) is 3.79. The van der Waals surface area contributed by atoms with E-state index in [9.17, 15) is 22.8 Å². The van der Waals surface area contributed by atoms with Gasteiger partial charge in [-0.3, -0.25) is 14.9 Å². The number of rotatable bonds is 7. The smallest absolute Gasteiger partial charge is 0.447 e. The zero-order valence-corrected chi connectivity index (χ0v) is 31.0. The van der Waals surface area contributed by atoms with Crippen molar-refractivity contribution < 1.29 is 50.2 Å². The van der Waals surface area contributed by atoms with Gasteiger partial charge in [0.2, 0.25) is 5.89 Å². The van der Waals surface area contributed by atoms with Crippen LogP contribution >= 0.6 is 0 Å². The molecule has 0 bridgehead atoms. The number of oxazole rings is 1. The number of alkyl halides is 3. The molecule has 3 aliphatic rings. The first-order valence-corrected chi connectivity index (χ1v) is 17.7. The van der Waals surface area contributed by atoms with Gasteiger partial charge in [0, 0.05) is 35.5 Å². The van der Waals surface area contributed by atoms with Crippen LogP contribution in [0.1, 0.15) is 109 Å². The molecule has 1 saturated heterocycles. The number of likely N-dealkylation sites (tertiary alicyclic amines) is 1. The van der Waals surface area contributed by atoms with Crippen LogP contribution in [0.3, 0.4) is 0 Å². The van der Waals surface area contributed by atoms with Crippen LogP contribution in [0.5, 0.6) is 5.75 Å². The van der Waals surface area contributed by atoms with Crippen molar-refractivity contribution in [3.8, 4) is 17.0 Å². The van der Waals surface area contributed by atoms with Crippen molar-refractivity contribution in [3.63, 3.8) is 0 Å². The van der Waals surface area contributed by atoms with Gasteiger partial charge in [-0.15, -0.1) is 13.2 Å². The van der Waals surface area contributed by atoms with E-state index in [1.165, 1.54) is 12.5 Å². The highest BCUT2D eigenvalue weighted by molar-refractivity contribution is 5.92. The quantitative estimate of drug-likeness (QED) is 0.183. The molecule has 0 unspecified atom stereocenters. The first-order chi connectivity index (χ1) is 25.1. The number of fused-ring (bicyclic) bond motifs is 2. The van der Waals surface area contributed by atoms with Crippen molar-refractivity contribution >= 4 is 28.8 Å². The minimum Gasteiger partial charge on any atom is -0.447 e. The van der Waals surface area contributed by atoms with Gasteiger partial charge in [0.25, 0.3) is 0 Å². The van der Waals surface area contributed by atoms with Gasteiger partial charge in [-0.05, 0) is 72.3 Å². The summed E-state index contributed by atoms with van der Waals surface area (Å²) in [5.41, 5.74) is -2.45. The van der Waals surface area contributed by atoms with Crippen LogP contribution in [0.4, 0.5) is 37.2 Å². The summed E-state index contributed by atoms with van der Waals surface area (Å²) in [5, 5.41) is 7.67. The number of halogens is 5. The molecular weight excluding hydrogens is 719 g/mol. The molecule has 54 heavy (non-hydrogen) atoms. The van der Waals surface area contributed by atoms with E-state index >= 15 is 8.78 Å². The molecule has 0 radical (unpaired) electrons. The van der Waals surface area contributed by atoms with Crippen molar-refractivity contribution in [3.05, 3.63) is 53.5 Å². The second-order valence-corrected chi connectivity index (χ2v) is 16.3. The largest absolute Gasteiger partial charge is 0.573 e. The molecular formula is C37H41F5N6O6. The van der Waals surface area contributed by atoms with Gasteiger partial charge in [0.15, 0.2) is 17.4 Å². The molecule has 4 atom stereocenters. The van der Waals surface area contributed by atoms with Crippen LogP contribution in [-0.2, 0) is 9.47 Å². The molecule has 17 heteroatoms. The van der Waals surface area contributed by atoms with Gasteiger partial charge in [0.1, 0.15) is 34.7 Å². The average molecular weight is 761 g/mol. The number of aromatic nitrogens is 4. The molecule has 12 nitrogen and oxygen atoms in total. The summed E-state index contributed by atoms with van der Waals surface area (Å²) in [6.07, 6.45) is -2.63. The normalized spacial score (nSPS) is 21.4. The summed E-state index contributed by atoms with van der Waals surface area (Å²) in [4.78, 5) is 36.5. The maximum atomic E-state index is 17.2. The molecule has 3 aromatic heterocycles. The summed E-state index contributed by atoms with van der Waals surface area (Å²) in [7, 11) is 0. The third kappa shape index (κ3) is 7.16. The lowest BCUT2D eigenvalue weighted by Crippen LogP contribution is -2.38. The Morgan fingerprint density at radius 1 is 1.02 bits per heavy atom.